The molecule has 1 aromatic carbocycles. The molecule has 2 rings (SSSR count). The predicted molar refractivity (Wildman–Crippen MR) is 87.4 cm³/mol. The summed E-state index contributed by atoms with van der Waals surface area (Å²) in [7, 11) is 5.48. The number of amides is 1. The van der Waals surface area contributed by atoms with Gasteiger partial charge in [0.1, 0.15) is 17.7 Å². The minimum atomic E-state index is -0.426. The van der Waals surface area contributed by atoms with Crippen molar-refractivity contribution in [3.63, 3.8) is 0 Å². The molecule has 1 atom stereocenters. The Bertz CT molecular complexity index is 651. The quantitative estimate of drug-likeness (QED) is 0.819. The first-order valence-corrected chi connectivity index (χ1v) is 7.54. The SMILES string of the molecule is Cc1nccn1CCN(C)C(=O)[C@H](c1ccc(F)cc1)N(C)C. The summed E-state index contributed by atoms with van der Waals surface area (Å²) in [5.41, 5.74) is 0.784. The molecule has 0 aliphatic carbocycles. The van der Waals surface area contributed by atoms with Crippen LogP contribution in [0.4, 0.5) is 4.39 Å². The number of aryl methyl sites for hydroxylation is 1. The first-order valence-electron chi connectivity index (χ1n) is 7.54. The number of benzene rings is 1. The van der Waals surface area contributed by atoms with Crippen molar-refractivity contribution in [2.24, 2.45) is 0 Å². The van der Waals surface area contributed by atoms with Crippen LogP contribution in [-0.2, 0) is 11.3 Å². The second kappa shape index (κ2) is 7.37. The molecule has 2 aromatic rings. The Morgan fingerprint density at radius 1 is 1.26 bits per heavy atom. The molecule has 124 valence electrons. The van der Waals surface area contributed by atoms with Gasteiger partial charge in [-0.25, -0.2) is 9.37 Å². The number of carbonyl (C=O) groups is 1. The molecule has 0 saturated heterocycles. The van der Waals surface area contributed by atoms with Gasteiger partial charge in [0.25, 0.3) is 0 Å². The summed E-state index contributed by atoms with van der Waals surface area (Å²) in [4.78, 5) is 20.5. The average Bonchev–Trinajstić information content (AvgIpc) is 2.92. The minimum Gasteiger partial charge on any atom is -0.342 e. The Kier molecular flexibility index (Phi) is 5.50. The summed E-state index contributed by atoms with van der Waals surface area (Å²) in [6.07, 6.45) is 3.65. The highest BCUT2D eigenvalue weighted by molar-refractivity contribution is 5.83. The summed E-state index contributed by atoms with van der Waals surface area (Å²) in [6, 6.07) is 5.66. The number of rotatable bonds is 6. The number of nitrogens with zero attached hydrogens (tertiary/aromatic N) is 4. The van der Waals surface area contributed by atoms with Crippen LogP contribution < -0.4 is 0 Å². The van der Waals surface area contributed by atoms with E-state index >= 15 is 0 Å². The lowest BCUT2D eigenvalue weighted by molar-refractivity contribution is -0.135. The Hall–Kier alpha value is -2.21. The van der Waals surface area contributed by atoms with Crippen LogP contribution in [0.2, 0.25) is 0 Å². The van der Waals surface area contributed by atoms with Crippen molar-refractivity contribution in [2.45, 2.75) is 19.5 Å². The van der Waals surface area contributed by atoms with Gasteiger partial charge in [-0.1, -0.05) is 12.1 Å². The summed E-state index contributed by atoms with van der Waals surface area (Å²) in [5, 5.41) is 0. The third-order valence-corrected chi connectivity index (χ3v) is 3.91. The normalized spacial score (nSPS) is 12.4. The number of hydrogen-bond acceptors (Lipinski definition) is 3. The molecule has 0 unspecified atom stereocenters. The van der Waals surface area contributed by atoms with Crippen LogP contribution in [0.1, 0.15) is 17.4 Å². The molecule has 1 amide bonds. The van der Waals surface area contributed by atoms with Crippen molar-refractivity contribution in [2.75, 3.05) is 27.7 Å². The van der Waals surface area contributed by atoms with Gasteiger partial charge in [-0.3, -0.25) is 9.69 Å². The molecule has 23 heavy (non-hydrogen) atoms. The standard InChI is InChI=1S/C17H23FN4O/c1-13-19-9-10-22(13)12-11-21(4)17(23)16(20(2)3)14-5-7-15(18)8-6-14/h5-10,16H,11-12H2,1-4H3/t16-/m0/s1. The van der Waals surface area contributed by atoms with Gasteiger partial charge in [-0.2, -0.15) is 0 Å². The maximum absolute atomic E-state index is 13.1. The highest BCUT2D eigenvalue weighted by Crippen LogP contribution is 2.21. The molecular formula is C17H23FN4O. The summed E-state index contributed by atoms with van der Waals surface area (Å²) in [5.74, 6) is 0.607. The van der Waals surface area contributed by atoms with E-state index in [0.29, 0.717) is 13.1 Å². The van der Waals surface area contributed by atoms with E-state index in [0.717, 1.165) is 11.4 Å². The zero-order valence-electron chi connectivity index (χ0n) is 14.0. The van der Waals surface area contributed by atoms with Crippen molar-refractivity contribution in [1.82, 2.24) is 19.4 Å². The van der Waals surface area contributed by atoms with Gasteiger partial charge in [-0.05, 0) is 38.7 Å². The molecule has 1 heterocycles. The molecule has 0 N–H and O–H groups in total. The highest BCUT2D eigenvalue weighted by atomic mass is 19.1. The van der Waals surface area contributed by atoms with Crippen LogP contribution in [0.3, 0.4) is 0 Å². The lowest BCUT2D eigenvalue weighted by atomic mass is 10.0. The van der Waals surface area contributed by atoms with Crippen molar-refractivity contribution >= 4 is 5.91 Å². The van der Waals surface area contributed by atoms with E-state index in [1.165, 1.54) is 12.1 Å². The fourth-order valence-corrected chi connectivity index (χ4v) is 2.52. The molecule has 0 spiro atoms. The van der Waals surface area contributed by atoms with Gasteiger partial charge in [0.2, 0.25) is 5.91 Å². The zero-order valence-corrected chi connectivity index (χ0v) is 14.0. The Balaban J connectivity index is 2.08. The molecule has 0 bridgehead atoms. The van der Waals surface area contributed by atoms with E-state index in [-0.39, 0.29) is 11.7 Å². The third kappa shape index (κ3) is 4.16. The number of likely N-dealkylation sites (N-methyl/N-ethyl adjacent to an activating group) is 2. The van der Waals surface area contributed by atoms with E-state index in [4.69, 9.17) is 0 Å². The number of hydrogen-bond donors (Lipinski definition) is 0. The summed E-state index contributed by atoms with van der Waals surface area (Å²) in [6.45, 7) is 3.21. The monoisotopic (exact) mass is 318 g/mol. The van der Waals surface area contributed by atoms with Crippen molar-refractivity contribution < 1.29 is 9.18 Å². The van der Waals surface area contributed by atoms with E-state index in [2.05, 4.69) is 4.98 Å². The number of imidazole rings is 1. The second-order valence-corrected chi connectivity index (χ2v) is 5.85. The molecule has 0 aliphatic rings. The van der Waals surface area contributed by atoms with Crippen molar-refractivity contribution in [3.8, 4) is 0 Å². The number of carbonyl (C=O) groups excluding carboxylic acids is 1. The van der Waals surface area contributed by atoms with Crippen LogP contribution in [-0.4, -0.2) is 52.9 Å². The molecule has 0 aliphatic heterocycles. The fourth-order valence-electron chi connectivity index (χ4n) is 2.52. The highest BCUT2D eigenvalue weighted by Gasteiger charge is 2.25. The largest absolute Gasteiger partial charge is 0.342 e. The van der Waals surface area contributed by atoms with E-state index in [1.54, 1.807) is 30.3 Å². The Morgan fingerprint density at radius 3 is 2.43 bits per heavy atom. The molecular weight excluding hydrogens is 295 g/mol. The van der Waals surface area contributed by atoms with Gasteiger partial charge in [0.05, 0.1) is 0 Å². The van der Waals surface area contributed by atoms with Gasteiger partial charge < -0.3 is 9.47 Å². The Morgan fingerprint density at radius 2 is 1.91 bits per heavy atom. The van der Waals surface area contributed by atoms with Crippen molar-refractivity contribution in [3.05, 3.63) is 53.9 Å². The molecule has 0 saturated carbocycles. The summed E-state index contributed by atoms with van der Waals surface area (Å²) < 4.78 is 15.1. The molecule has 6 heteroatoms. The molecule has 5 nitrogen and oxygen atoms in total. The second-order valence-electron chi connectivity index (χ2n) is 5.85. The topological polar surface area (TPSA) is 41.4 Å². The van der Waals surface area contributed by atoms with Gasteiger partial charge in [0.15, 0.2) is 0 Å². The van der Waals surface area contributed by atoms with Crippen LogP contribution in [0.25, 0.3) is 0 Å². The van der Waals surface area contributed by atoms with E-state index in [9.17, 15) is 9.18 Å². The lowest BCUT2D eigenvalue weighted by Crippen LogP contribution is -2.39. The Labute approximate surface area is 136 Å². The molecule has 0 radical (unpaired) electrons. The smallest absolute Gasteiger partial charge is 0.244 e. The summed E-state index contributed by atoms with van der Waals surface area (Å²) >= 11 is 0. The van der Waals surface area contributed by atoms with E-state index < -0.39 is 6.04 Å². The maximum Gasteiger partial charge on any atom is 0.244 e. The van der Waals surface area contributed by atoms with Crippen LogP contribution >= 0.6 is 0 Å². The zero-order chi connectivity index (χ0) is 17.0. The van der Waals surface area contributed by atoms with Crippen LogP contribution in [0.5, 0.6) is 0 Å². The van der Waals surface area contributed by atoms with E-state index in [1.807, 2.05) is 36.7 Å². The third-order valence-electron chi connectivity index (χ3n) is 3.91. The van der Waals surface area contributed by atoms with Gasteiger partial charge in [0, 0.05) is 32.5 Å². The van der Waals surface area contributed by atoms with Crippen LogP contribution in [0.15, 0.2) is 36.7 Å². The fraction of sp³-hybridized carbons (Fsp3) is 0.412. The predicted octanol–water partition coefficient (Wildman–Crippen LogP) is 2.09. The molecule has 0 fully saturated rings. The first kappa shape index (κ1) is 17.1. The first-order chi connectivity index (χ1) is 10.9. The lowest BCUT2D eigenvalue weighted by Gasteiger charge is -2.28. The minimum absolute atomic E-state index is 0.0145. The average molecular weight is 318 g/mol. The molecule has 1 aromatic heterocycles. The van der Waals surface area contributed by atoms with Crippen molar-refractivity contribution in [1.29, 1.82) is 0 Å². The number of aromatic nitrogens is 2. The van der Waals surface area contributed by atoms with Crippen LogP contribution in [0, 0.1) is 12.7 Å². The number of halogens is 1. The maximum atomic E-state index is 13.1. The van der Waals surface area contributed by atoms with Gasteiger partial charge >= 0.3 is 0 Å². The van der Waals surface area contributed by atoms with Gasteiger partial charge in [-0.15, -0.1) is 0 Å².